The first-order chi connectivity index (χ1) is 12.9. The zero-order valence-corrected chi connectivity index (χ0v) is 15.4. The largest absolute Gasteiger partial charge is 0.507 e. The molecule has 1 heterocycles. The number of ketones is 1. The van der Waals surface area contributed by atoms with Crippen LogP contribution in [0.5, 0.6) is 5.75 Å². The quantitative estimate of drug-likeness (QED) is 0.743. The molecule has 5 rings (SSSR count). The number of primary amides is 1. The number of hydrogen-bond acceptors (Lipinski definition) is 5. The van der Waals surface area contributed by atoms with Gasteiger partial charge < -0.3 is 15.9 Å². The van der Waals surface area contributed by atoms with Crippen molar-refractivity contribution in [3.8, 4) is 5.75 Å². The summed E-state index contributed by atoms with van der Waals surface area (Å²) in [4.78, 5) is 26.7. The van der Waals surface area contributed by atoms with Gasteiger partial charge in [-0.2, -0.15) is 0 Å². The van der Waals surface area contributed by atoms with Gasteiger partial charge in [0.25, 0.3) is 5.91 Å². The summed E-state index contributed by atoms with van der Waals surface area (Å²) in [6, 6.07) is 3.37. The minimum absolute atomic E-state index is 0.0497. The van der Waals surface area contributed by atoms with E-state index in [1.165, 1.54) is 12.8 Å². The van der Waals surface area contributed by atoms with E-state index in [4.69, 9.17) is 5.73 Å². The summed E-state index contributed by atoms with van der Waals surface area (Å²) in [6.07, 6.45) is 4.76. The summed E-state index contributed by atoms with van der Waals surface area (Å²) >= 11 is 0. The van der Waals surface area contributed by atoms with Crippen LogP contribution in [0.4, 0.5) is 0 Å². The number of amides is 1. The average Bonchev–Trinajstić information content (AvgIpc) is 3.42. The van der Waals surface area contributed by atoms with E-state index in [2.05, 4.69) is 4.90 Å². The predicted molar refractivity (Wildman–Crippen MR) is 98.5 cm³/mol. The maximum atomic E-state index is 12.5. The van der Waals surface area contributed by atoms with Crippen molar-refractivity contribution in [3.63, 3.8) is 0 Å². The molecule has 0 radical (unpaired) electrons. The van der Waals surface area contributed by atoms with E-state index in [1.54, 1.807) is 6.07 Å². The fourth-order valence-electron chi connectivity index (χ4n) is 6.05. The van der Waals surface area contributed by atoms with E-state index in [0.29, 0.717) is 31.2 Å². The lowest BCUT2D eigenvalue weighted by Crippen LogP contribution is -2.73. The lowest BCUT2D eigenvalue weighted by molar-refractivity contribution is -0.173. The molecule has 0 aromatic heterocycles. The number of rotatable bonds is 3. The zero-order valence-electron chi connectivity index (χ0n) is 15.4. The number of Topliss-reactive ketones (excluding diaryl/α,β-unsaturated/α-hetero) is 1. The SMILES string of the molecule is NC(=O)c1ccc2c(c1O)[C@]13CCN(CC4CC4)[C@@H](C2)[C@]1(O)CCC(=O)C3. The van der Waals surface area contributed by atoms with E-state index in [9.17, 15) is 19.8 Å². The number of nitrogens with two attached hydrogens (primary N) is 1. The van der Waals surface area contributed by atoms with E-state index in [-0.39, 0.29) is 29.6 Å². The minimum Gasteiger partial charge on any atom is -0.507 e. The van der Waals surface area contributed by atoms with Crippen molar-refractivity contribution >= 4 is 11.7 Å². The van der Waals surface area contributed by atoms with Crippen molar-refractivity contribution in [2.75, 3.05) is 13.1 Å². The van der Waals surface area contributed by atoms with Gasteiger partial charge in [-0.25, -0.2) is 0 Å². The molecule has 1 amide bonds. The molecule has 1 saturated heterocycles. The predicted octanol–water partition coefficient (Wildman–Crippen LogP) is 1.25. The molecule has 144 valence electrons. The molecule has 0 spiro atoms. The molecule has 1 aromatic carbocycles. The Bertz CT molecular complexity index is 849. The Morgan fingerprint density at radius 3 is 2.78 bits per heavy atom. The van der Waals surface area contributed by atoms with Crippen molar-refractivity contribution in [3.05, 3.63) is 28.8 Å². The van der Waals surface area contributed by atoms with Crippen LogP contribution in [-0.2, 0) is 16.6 Å². The molecular formula is C21H26N2O4. The Balaban J connectivity index is 1.70. The smallest absolute Gasteiger partial charge is 0.252 e. The molecule has 3 atom stereocenters. The number of aliphatic hydroxyl groups is 1. The van der Waals surface area contributed by atoms with Gasteiger partial charge in [-0.3, -0.25) is 14.5 Å². The number of aromatic hydroxyl groups is 1. The lowest BCUT2D eigenvalue weighted by atomic mass is 9.49. The second-order valence-electron chi connectivity index (χ2n) is 8.99. The van der Waals surface area contributed by atoms with Gasteiger partial charge in [-0.15, -0.1) is 0 Å². The zero-order chi connectivity index (χ0) is 19.0. The fraction of sp³-hybridized carbons (Fsp3) is 0.619. The van der Waals surface area contributed by atoms with Gasteiger partial charge in [0.15, 0.2) is 0 Å². The van der Waals surface area contributed by atoms with Gasteiger partial charge in [0.1, 0.15) is 11.5 Å². The van der Waals surface area contributed by atoms with Crippen LogP contribution in [0.3, 0.4) is 0 Å². The highest BCUT2D eigenvalue weighted by Crippen LogP contribution is 2.60. The first-order valence-electron chi connectivity index (χ1n) is 9.99. The van der Waals surface area contributed by atoms with Gasteiger partial charge in [0, 0.05) is 36.4 Å². The Hall–Kier alpha value is -1.92. The van der Waals surface area contributed by atoms with Crippen LogP contribution in [0.2, 0.25) is 0 Å². The number of fused-ring (bicyclic) bond motifs is 1. The number of nitrogens with zero attached hydrogens (tertiary/aromatic N) is 1. The van der Waals surface area contributed by atoms with Crippen LogP contribution in [-0.4, -0.2) is 51.5 Å². The third kappa shape index (κ3) is 2.26. The van der Waals surface area contributed by atoms with Crippen molar-refractivity contribution < 1.29 is 19.8 Å². The number of likely N-dealkylation sites (tertiary alicyclic amines) is 1. The summed E-state index contributed by atoms with van der Waals surface area (Å²) in [5.41, 5.74) is 5.16. The van der Waals surface area contributed by atoms with Crippen LogP contribution in [0.1, 0.15) is 60.0 Å². The Kier molecular flexibility index (Phi) is 3.53. The number of carbonyl (C=O) groups excluding carboxylic acids is 2. The van der Waals surface area contributed by atoms with Gasteiger partial charge in [-0.05, 0) is 56.2 Å². The van der Waals surface area contributed by atoms with E-state index >= 15 is 0 Å². The monoisotopic (exact) mass is 370 g/mol. The average molecular weight is 370 g/mol. The highest BCUT2D eigenvalue weighted by molar-refractivity contribution is 5.96. The second kappa shape index (κ2) is 5.55. The Morgan fingerprint density at radius 1 is 1.30 bits per heavy atom. The molecule has 2 bridgehead atoms. The Morgan fingerprint density at radius 2 is 2.07 bits per heavy atom. The third-order valence-electron chi connectivity index (χ3n) is 7.54. The van der Waals surface area contributed by atoms with Gasteiger partial charge in [0.05, 0.1) is 11.2 Å². The van der Waals surface area contributed by atoms with Crippen LogP contribution in [0, 0.1) is 5.92 Å². The van der Waals surface area contributed by atoms with E-state index in [0.717, 1.165) is 24.6 Å². The highest BCUT2D eigenvalue weighted by atomic mass is 16.3. The number of hydrogen-bond donors (Lipinski definition) is 3. The highest BCUT2D eigenvalue weighted by Gasteiger charge is 2.65. The van der Waals surface area contributed by atoms with Gasteiger partial charge in [-0.1, -0.05) is 6.07 Å². The maximum Gasteiger partial charge on any atom is 0.252 e. The second-order valence-corrected chi connectivity index (χ2v) is 8.99. The summed E-state index contributed by atoms with van der Waals surface area (Å²) in [5, 5.41) is 22.9. The molecule has 0 unspecified atom stereocenters. The summed E-state index contributed by atoms with van der Waals surface area (Å²) in [5.74, 6) is 0.0112. The first kappa shape index (κ1) is 17.2. The molecule has 27 heavy (non-hydrogen) atoms. The molecule has 1 aliphatic heterocycles. The van der Waals surface area contributed by atoms with E-state index in [1.807, 2.05) is 6.07 Å². The molecule has 4 aliphatic rings. The van der Waals surface area contributed by atoms with Gasteiger partial charge >= 0.3 is 0 Å². The van der Waals surface area contributed by atoms with Crippen molar-refractivity contribution in [1.29, 1.82) is 0 Å². The van der Waals surface area contributed by atoms with Crippen molar-refractivity contribution in [2.24, 2.45) is 11.7 Å². The molecule has 1 aromatic rings. The normalized spacial score (nSPS) is 35.4. The van der Waals surface area contributed by atoms with Crippen LogP contribution in [0.15, 0.2) is 12.1 Å². The minimum atomic E-state index is -1.06. The number of phenols is 1. The molecule has 6 nitrogen and oxygen atoms in total. The lowest BCUT2D eigenvalue weighted by Gasteiger charge is -2.63. The summed E-state index contributed by atoms with van der Waals surface area (Å²) < 4.78 is 0. The third-order valence-corrected chi connectivity index (χ3v) is 7.54. The van der Waals surface area contributed by atoms with Crippen molar-refractivity contribution in [2.45, 2.75) is 62.0 Å². The van der Waals surface area contributed by atoms with Crippen LogP contribution < -0.4 is 5.73 Å². The summed E-state index contributed by atoms with van der Waals surface area (Å²) in [7, 11) is 0. The van der Waals surface area contributed by atoms with Crippen LogP contribution in [0.25, 0.3) is 0 Å². The molecule has 6 heteroatoms. The molecule has 4 N–H and O–H groups in total. The Labute approximate surface area is 158 Å². The summed E-state index contributed by atoms with van der Waals surface area (Å²) in [6.45, 7) is 1.80. The number of piperidine rings is 1. The molecule has 2 saturated carbocycles. The topological polar surface area (TPSA) is 104 Å². The van der Waals surface area contributed by atoms with E-state index < -0.39 is 16.9 Å². The standard InChI is InChI=1S/C21H26N2O4/c22-19(26)15-4-3-13-9-16-21(27)6-5-14(24)10-20(21,17(13)18(15)25)7-8-23(16)11-12-1-2-12/h3-4,12,16,25,27H,1-2,5-11H2,(H2,22,26)/t16-,20+,21+/m0/s1. The number of benzene rings is 1. The van der Waals surface area contributed by atoms with Gasteiger partial charge in [0.2, 0.25) is 0 Å². The number of carbonyl (C=O) groups is 2. The molecule has 3 fully saturated rings. The maximum absolute atomic E-state index is 12.5. The fourth-order valence-corrected chi connectivity index (χ4v) is 6.05. The first-order valence-corrected chi connectivity index (χ1v) is 9.99. The van der Waals surface area contributed by atoms with Crippen LogP contribution >= 0.6 is 0 Å². The molecular weight excluding hydrogens is 344 g/mol. The van der Waals surface area contributed by atoms with Crippen molar-refractivity contribution in [1.82, 2.24) is 4.90 Å². The molecule has 3 aliphatic carbocycles.